The first-order valence-electron chi connectivity index (χ1n) is 13.3. The van der Waals surface area contributed by atoms with Gasteiger partial charge >= 0.3 is 6.18 Å². The Morgan fingerprint density at radius 2 is 1.57 bits per heavy atom. The molecule has 1 aromatic carbocycles. The molecule has 2 unspecified atom stereocenters. The van der Waals surface area contributed by atoms with Crippen LogP contribution in [0.15, 0.2) is 12.1 Å². The van der Waals surface area contributed by atoms with E-state index in [4.69, 9.17) is 5.73 Å². The van der Waals surface area contributed by atoms with Gasteiger partial charge in [-0.15, -0.1) is 10.2 Å². The van der Waals surface area contributed by atoms with Crippen molar-refractivity contribution in [3.05, 3.63) is 46.8 Å². The summed E-state index contributed by atoms with van der Waals surface area (Å²) in [7, 11) is 0. The molecule has 0 saturated carbocycles. The second kappa shape index (κ2) is 13.1. The highest BCUT2D eigenvalue weighted by Gasteiger charge is 2.40. The maximum absolute atomic E-state index is 14.5. The summed E-state index contributed by atoms with van der Waals surface area (Å²) in [6.45, 7) is 6.07. The van der Waals surface area contributed by atoms with Gasteiger partial charge in [-0.1, -0.05) is 27.7 Å². The second-order valence-corrected chi connectivity index (χ2v) is 10.9. The van der Waals surface area contributed by atoms with Gasteiger partial charge in [-0.05, 0) is 29.9 Å². The number of hydrogen-bond donors (Lipinski definition) is 3. The van der Waals surface area contributed by atoms with Crippen LogP contribution in [0.4, 0.5) is 26.3 Å². The van der Waals surface area contributed by atoms with Crippen molar-refractivity contribution in [1.29, 1.82) is 0 Å². The number of amides is 3. The average Bonchev–Trinajstić information content (AvgIpc) is 3.33. The number of carbonyl (C=O) groups is 3. The summed E-state index contributed by atoms with van der Waals surface area (Å²) in [6, 6.07) is -2.24. The Hall–Kier alpha value is -3.69. The summed E-state index contributed by atoms with van der Waals surface area (Å²) in [6.07, 6.45) is -5.65. The molecule has 232 valence electrons. The molecule has 1 aliphatic rings. The monoisotopic (exact) mass is 605 g/mol. The smallest absolute Gasteiger partial charge is 0.351 e. The molecule has 42 heavy (non-hydrogen) atoms. The lowest BCUT2D eigenvalue weighted by Gasteiger charge is -2.31. The molecule has 1 aliphatic heterocycles. The van der Waals surface area contributed by atoms with Gasteiger partial charge in [0.25, 0.3) is 0 Å². The predicted octanol–water partition coefficient (Wildman–Crippen LogP) is 2.30. The third-order valence-corrected chi connectivity index (χ3v) is 6.95. The van der Waals surface area contributed by atoms with Crippen LogP contribution in [-0.2, 0) is 40.1 Å². The van der Waals surface area contributed by atoms with Crippen molar-refractivity contribution >= 4 is 17.7 Å². The fourth-order valence-corrected chi connectivity index (χ4v) is 4.46. The number of halogens is 6. The molecule has 0 aliphatic carbocycles. The molecular formula is C26H33F6N7O3. The van der Waals surface area contributed by atoms with E-state index in [-0.39, 0.29) is 36.9 Å². The molecule has 3 rings (SSSR count). The zero-order valence-electron chi connectivity index (χ0n) is 23.4. The Balaban J connectivity index is 1.82. The largest absolute Gasteiger partial charge is 0.451 e. The Kier molecular flexibility index (Phi) is 10.2. The number of nitrogens with two attached hydrogens (primary N) is 1. The van der Waals surface area contributed by atoms with Gasteiger partial charge in [0.2, 0.25) is 23.5 Å². The lowest BCUT2D eigenvalue weighted by molar-refractivity contribution is -0.148. The summed E-state index contributed by atoms with van der Waals surface area (Å²) < 4.78 is 82.3. The quantitative estimate of drug-likeness (QED) is 0.281. The molecule has 10 nitrogen and oxygen atoms in total. The second-order valence-electron chi connectivity index (χ2n) is 10.9. The number of rotatable bonds is 10. The van der Waals surface area contributed by atoms with Gasteiger partial charge in [0, 0.05) is 31.6 Å². The van der Waals surface area contributed by atoms with E-state index < -0.39 is 84.1 Å². The molecule has 0 fully saturated rings. The van der Waals surface area contributed by atoms with E-state index in [2.05, 4.69) is 20.8 Å². The van der Waals surface area contributed by atoms with Crippen LogP contribution >= 0.6 is 0 Å². The Morgan fingerprint density at radius 1 is 0.929 bits per heavy atom. The lowest BCUT2D eigenvalue weighted by atomic mass is 9.98. The minimum Gasteiger partial charge on any atom is -0.351 e. The standard InChI is InChI=1S/C26H33F6N7O3/c1-12(2)21(33)23(41)35-22(13(3)4)24(42)34-15(7-14-8-17(28)18(29)10-16(14)27)9-20(40)38-5-6-39-19(11-38)36-37-25(39)26(30,31)32/h8,10,12-13,15,21-22H,5-7,9,11,33H2,1-4H3,(H,34,42)(H,35,41)/t15-,21?,22?/m1/s1. The molecule has 16 heteroatoms. The van der Waals surface area contributed by atoms with Crippen molar-refractivity contribution in [2.45, 2.75) is 77.9 Å². The van der Waals surface area contributed by atoms with E-state index >= 15 is 0 Å². The normalized spacial score (nSPS) is 15.8. The van der Waals surface area contributed by atoms with E-state index in [1.54, 1.807) is 27.7 Å². The van der Waals surface area contributed by atoms with Gasteiger partial charge in [0.1, 0.15) is 11.9 Å². The molecule has 3 amide bonds. The molecule has 4 N–H and O–H groups in total. The van der Waals surface area contributed by atoms with Crippen LogP contribution in [0.2, 0.25) is 0 Å². The first kappa shape index (κ1) is 32.8. The Labute approximate surface area is 238 Å². The van der Waals surface area contributed by atoms with Crippen LogP contribution in [0, 0.1) is 29.3 Å². The van der Waals surface area contributed by atoms with Crippen LogP contribution in [-0.4, -0.2) is 62.1 Å². The van der Waals surface area contributed by atoms with Gasteiger partial charge in [-0.3, -0.25) is 14.4 Å². The van der Waals surface area contributed by atoms with Crippen molar-refractivity contribution in [1.82, 2.24) is 30.3 Å². The Bertz CT molecular complexity index is 1310. The maximum atomic E-state index is 14.5. The molecule has 3 atom stereocenters. The number of carbonyl (C=O) groups excluding carboxylic acids is 3. The first-order chi connectivity index (χ1) is 19.5. The maximum Gasteiger partial charge on any atom is 0.451 e. The predicted molar refractivity (Wildman–Crippen MR) is 137 cm³/mol. The fourth-order valence-electron chi connectivity index (χ4n) is 4.46. The molecule has 0 bridgehead atoms. The molecule has 0 saturated heterocycles. The summed E-state index contributed by atoms with van der Waals surface area (Å²) in [4.78, 5) is 40.3. The fraction of sp³-hybridized carbons (Fsp3) is 0.577. The van der Waals surface area contributed by atoms with Crippen LogP contribution in [0.25, 0.3) is 0 Å². The number of fused-ring (bicyclic) bond motifs is 1. The summed E-state index contributed by atoms with van der Waals surface area (Å²) >= 11 is 0. The third kappa shape index (κ3) is 7.77. The van der Waals surface area contributed by atoms with E-state index in [1.807, 2.05) is 0 Å². The van der Waals surface area contributed by atoms with Crippen LogP contribution in [0.3, 0.4) is 0 Å². The minimum atomic E-state index is -4.73. The van der Waals surface area contributed by atoms with E-state index in [0.717, 1.165) is 4.57 Å². The van der Waals surface area contributed by atoms with Gasteiger partial charge in [0.05, 0.1) is 12.6 Å². The molecule has 1 aromatic heterocycles. The van der Waals surface area contributed by atoms with Gasteiger partial charge < -0.3 is 25.8 Å². The minimum absolute atomic E-state index is 0.0989. The molecular weight excluding hydrogens is 572 g/mol. The molecule has 2 heterocycles. The highest BCUT2D eigenvalue weighted by Crippen LogP contribution is 2.29. The van der Waals surface area contributed by atoms with E-state index in [1.165, 1.54) is 4.90 Å². The van der Waals surface area contributed by atoms with Crippen molar-refractivity contribution in [2.75, 3.05) is 6.54 Å². The summed E-state index contributed by atoms with van der Waals surface area (Å²) in [5, 5.41) is 11.9. The van der Waals surface area contributed by atoms with Crippen molar-refractivity contribution in [3.63, 3.8) is 0 Å². The van der Waals surface area contributed by atoms with Crippen molar-refractivity contribution in [3.8, 4) is 0 Å². The lowest BCUT2D eigenvalue weighted by Crippen LogP contribution is -2.56. The van der Waals surface area contributed by atoms with Gasteiger partial charge in [-0.2, -0.15) is 13.2 Å². The van der Waals surface area contributed by atoms with Crippen molar-refractivity contribution < 1.29 is 40.7 Å². The summed E-state index contributed by atoms with van der Waals surface area (Å²) in [5.74, 6) is -7.79. The average molecular weight is 606 g/mol. The number of alkyl halides is 3. The summed E-state index contributed by atoms with van der Waals surface area (Å²) in [5.41, 5.74) is 5.56. The SMILES string of the molecule is CC(C)C(N)C(=O)NC(C(=O)N[C@@H](CC(=O)N1CCn2c(nnc2C(F)(F)F)C1)Cc1cc(F)c(F)cc1F)C(C)C. The number of nitrogens with one attached hydrogen (secondary N) is 2. The van der Waals surface area contributed by atoms with Crippen LogP contribution in [0.1, 0.15) is 51.3 Å². The number of aromatic nitrogens is 3. The zero-order chi connectivity index (χ0) is 31.5. The number of hydrogen-bond acceptors (Lipinski definition) is 6. The first-order valence-corrected chi connectivity index (χ1v) is 13.3. The highest BCUT2D eigenvalue weighted by molar-refractivity contribution is 5.90. The van der Waals surface area contributed by atoms with Gasteiger partial charge in [0.15, 0.2) is 17.5 Å². The third-order valence-electron chi connectivity index (χ3n) is 6.95. The van der Waals surface area contributed by atoms with Gasteiger partial charge in [-0.25, -0.2) is 13.2 Å². The van der Waals surface area contributed by atoms with E-state index in [0.29, 0.717) is 12.1 Å². The Morgan fingerprint density at radius 3 is 2.17 bits per heavy atom. The van der Waals surface area contributed by atoms with Crippen molar-refractivity contribution in [2.24, 2.45) is 17.6 Å². The zero-order valence-corrected chi connectivity index (χ0v) is 23.4. The number of nitrogens with zero attached hydrogens (tertiary/aromatic N) is 4. The van der Waals surface area contributed by atoms with Crippen LogP contribution in [0.5, 0.6) is 0 Å². The molecule has 2 aromatic rings. The van der Waals surface area contributed by atoms with E-state index in [9.17, 15) is 40.7 Å². The highest BCUT2D eigenvalue weighted by atomic mass is 19.4. The van der Waals surface area contributed by atoms with Crippen LogP contribution < -0.4 is 16.4 Å². The molecule has 0 radical (unpaired) electrons. The molecule has 0 spiro atoms. The number of benzene rings is 1. The topological polar surface area (TPSA) is 135 Å².